The van der Waals surface area contributed by atoms with Crippen molar-refractivity contribution in [1.82, 2.24) is 5.32 Å². The molecule has 0 aromatic heterocycles. The Hall–Kier alpha value is -1.02. The van der Waals surface area contributed by atoms with Gasteiger partial charge in [0.15, 0.2) is 0 Å². The molecule has 0 bridgehead atoms. The third kappa shape index (κ3) is 1.86. The van der Waals surface area contributed by atoms with Crippen LogP contribution in [-0.4, -0.2) is 18.6 Å². The van der Waals surface area contributed by atoms with E-state index in [0.717, 1.165) is 12.6 Å². The first kappa shape index (κ1) is 9.22. The number of hydrogen-bond donors (Lipinski definition) is 2. The van der Waals surface area contributed by atoms with Gasteiger partial charge >= 0.3 is 0 Å². The van der Waals surface area contributed by atoms with E-state index in [4.69, 9.17) is 0 Å². The summed E-state index contributed by atoms with van der Waals surface area (Å²) >= 11 is 0. The van der Waals surface area contributed by atoms with Crippen molar-refractivity contribution in [3.05, 3.63) is 29.8 Å². The van der Waals surface area contributed by atoms with Gasteiger partial charge in [0.1, 0.15) is 0 Å². The summed E-state index contributed by atoms with van der Waals surface area (Å²) in [5.74, 6) is 0. The maximum atomic E-state index is 3.73. The van der Waals surface area contributed by atoms with Crippen molar-refractivity contribution in [3.8, 4) is 0 Å². The molecule has 2 N–H and O–H groups in total. The SMILES string of the molecule is c1ccc2c(c1)CC(NC1CCC1)CN2. The van der Waals surface area contributed by atoms with E-state index < -0.39 is 0 Å². The van der Waals surface area contributed by atoms with Gasteiger partial charge < -0.3 is 10.6 Å². The molecule has 2 aliphatic rings. The number of nitrogens with one attached hydrogen (secondary N) is 2. The van der Waals surface area contributed by atoms with Gasteiger partial charge in [0.05, 0.1) is 0 Å². The molecule has 1 aromatic rings. The van der Waals surface area contributed by atoms with Crippen LogP contribution in [0.1, 0.15) is 24.8 Å². The van der Waals surface area contributed by atoms with Crippen LogP contribution in [-0.2, 0) is 6.42 Å². The largest absolute Gasteiger partial charge is 0.383 e. The lowest BCUT2D eigenvalue weighted by atomic mass is 9.90. The average molecular weight is 202 g/mol. The second-order valence-electron chi connectivity index (χ2n) is 4.73. The van der Waals surface area contributed by atoms with Crippen LogP contribution in [0.25, 0.3) is 0 Å². The molecule has 1 aliphatic heterocycles. The minimum atomic E-state index is 0.630. The Morgan fingerprint density at radius 3 is 2.80 bits per heavy atom. The summed E-state index contributed by atoms with van der Waals surface area (Å²) in [4.78, 5) is 0. The van der Waals surface area contributed by atoms with E-state index in [1.54, 1.807) is 0 Å². The molecule has 3 rings (SSSR count). The van der Waals surface area contributed by atoms with Crippen LogP contribution < -0.4 is 10.6 Å². The first-order valence-corrected chi connectivity index (χ1v) is 5.99. The summed E-state index contributed by atoms with van der Waals surface area (Å²) in [5, 5.41) is 7.24. The van der Waals surface area contributed by atoms with Crippen molar-refractivity contribution in [3.63, 3.8) is 0 Å². The number of fused-ring (bicyclic) bond motifs is 1. The number of para-hydroxylation sites is 1. The average Bonchev–Trinajstić information content (AvgIpc) is 2.23. The van der Waals surface area contributed by atoms with Crippen LogP contribution in [0.2, 0.25) is 0 Å². The van der Waals surface area contributed by atoms with Crippen molar-refractivity contribution < 1.29 is 0 Å². The number of anilines is 1. The molecule has 2 nitrogen and oxygen atoms in total. The maximum Gasteiger partial charge on any atom is 0.0373 e. The smallest absolute Gasteiger partial charge is 0.0373 e. The van der Waals surface area contributed by atoms with E-state index in [9.17, 15) is 0 Å². The molecule has 1 aliphatic carbocycles. The van der Waals surface area contributed by atoms with Crippen molar-refractivity contribution in [1.29, 1.82) is 0 Å². The normalized spacial score (nSPS) is 25.2. The minimum Gasteiger partial charge on any atom is -0.383 e. The van der Waals surface area contributed by atoms with Crippen LogP contribution in [0.4, 0.5) is 5.69 Å². The highest BCUT2D eigenvalue weighted by atomic mass is 15.0. The Morgan fingerprint density at radius 2 is 2.00 bits per heavy atom. The lowest BCUT2D eigenvalue weighted by Gasteiger charge is -2.34. The maximum absolute atomic E-state index is 3.73. The highest BCUT2D eigenvalue weighted by molar-refractivity contribution is 5.53. The molecule has 0 spiro atoms. The molecule has 0 radical (unpaired) electrons. The summed E-state index contributed by atoms with van der Waals surface area (Å²) in [7, 11) is 0. The monoisotopic (exact) mass is 202 g/mol. The Bertz CT molecular complexity index is 344. The zero-order valence-electron chi connectivity index (χ0n) is 9.00. The molecule has 1 atom stereocenters. The van der Waals surface area contributed by atoms with Gasteiger partial charge in [-0.25, -0.2) is 0 Å². The van der Waals surface area contributed by atoms with Gasteiger partial charge in [0.2, 0.25) is 0 Å². The molecule has 1 aromatic carbocycles. The van der Waals surface area contributed by atoms with Crippen molar-refractivity contribution >= 4 is 5.69 Å². The Kier molecular flexibility index (Phi) is 2.37. The standard InChI is InChI=1S/C13H18N2/c1-2-7-13-10(4-1)8-12(9-14-13)15-11-5-3-6-11/h1-2,4,7,11-12,14-15H,3,5-6,8-9H2. The zero-order chi connectivity index (χ0) is 10.1. The Morgan fingerprint density at radius 1 is 1.13 bits per heavy atom. The molecule has 1 heterocycles. The van der Waals surface area contributed by atoms with Gasteiger partial charge in [-0.2, -0.15) is 0 Å². The highest BCUT2D eigenvalue weighted by Crippen LogP contribution is 2.24. The molecule has 1 fully saturated rings. The van der Waals surface area contributed by atoms with E-state index in [1.807, 2.05) is 0 Å². The van der Waals surface area contributed by atoms with Gasteiger partial charge in [-0.1, -0.05) is 24.6 Å². The first-order valence-electron chi connectivity index (χ1n) is 5.99. The molecule has 80 valence electrons. The summed E-state index contributed by atoms with van der Waals surface area (Å²) in [6.45, 7) is 1.08. The summed E-state index contributed by atoms with van der Waals surface area (Å²) in [5.41, 5.74) is 2.78. The van der Waals surface area contributed by atoms with Crippen LogP contribution in [0.15, 0.2) is 24.3 Å². The van der Waals surface area contributed by atoms with E-state index in [0.29, 0.717) is 6.04 Å². The molecular formula is C13H18N2. The van der Waals surface area contributed by atoms with Crippen LogP contribution >= 0.6 is 0 Å². The van der Waals surface area contributed by atoms with E-state index >= 15 is 0 Å². The van der Waals surface area contributed by atoms with Crippen molar-refractivity contribution in [2.75, 3.05) is 11.9 Å². The van der Waals surface area contributed by atoms with E-state index in [2.05, 4.69) is 34.9 Å². The van der Waals surface area contributed by atoms with E-state index in [1.165, 1.54) is 36.9 Å². The lowest BCUT2D eigenvalue weighted by Crippen LogP contribution is -2.48. The summed E-state index contributed by atoms with van der Waals surface area (Å²) in [6, 6.07) is 10.1. The Balaban J connectivity index is 1.66. The predicted molar refractivity (Wildman–Crippen MR) is 63.2 cm³/mol. The minimum absolute atomic E-state index is 0.630. The highest BCUT2D eigenvalue weighted by Gasteiger charge is 2.23. The van der Waals surface area contributed by atoms with Gasteiger partial charge in [-0.15, -0.1) is 0 Å². The quantitative estimate of drug-likeness (QED) is 0.768. The van der Waals surface area contributed by atoms with Crippen molar-refractivity contribution in [2.24, 2.45) is 0 Å². The lowest BCUT2D eigenvalue weighted by molar-refractivity contribution is 0.304. The van der Waals surface area contributed by atoms with E-state index in [-0.39, 0.29) is 0 Å². The second kappa shape index (κ2) is 3.86. The fourth-order valence-corrected chi connectivity index (χ4v) is 2.47. The van der Waals surface area contributed by atoms with Gasteiger partial charge in [0, 0.05) is 24.3 Å². The third-order valence-corrected chi connectivity index (χ3v) is 3.60. The Labute approximate surface area is 91.1 Å². The predicted octanol–water partition coefficient (Wildman–Crippen LogP) is 2.17. The summed E-state index contributed by atoms with van der Waals surface area (Å²) < 4.78 is 0. The van der Waals surface area contributed by atoms with Crippen LogP contribution in [0.5, 0.6) is 0 Å². The summed E-state index contributed by atoms with van der Waals surface area (Å²) in [6.07, 6.45) is 5.34. The second-order valence-corrected chi connectivity index (χ2v) is 4.73. The first-order chi connectivity index (χ1) is 7.42. The third-order valence-electron chi connectivity index (χ3n) is 3.60. The molecule has 0 amide bonds. The fraction of sp³-hybridized carbons (Fsp3) is 0.538. The van der Waals surface area contributed by atoms with Gasteiger partial charge in [-0.3, -0.25) is 0 Å². The number of benzene rings is 1. The van der Waals surface area contributed by atoms with Gasteiger partial charge in [-0.05, 0) is 30.9 Å². The molecule has 2 heteroatoms. The number of rotatable bonds is 2. The zero-order valence-corrected chi connectivity index (χ0v) is 9.00. The molecule has 1 saturated carbocycles. The molecule has 15 heavy (non-hydrogen) atoms. The van der Waals surface area contributed by atoms with Crippen LogP contribution in [0, 0.1) is 0 Å². The topological polar surface area (TPSA) is 24.1 Å². The number of hydrogen-bond acceptors (Lipinski definition) is 2. The molecular weight excluding hydrogens is 184 g/mol. The molecule has 0 saturated heterocycles. The molecule has 1 unspecified atom stereocenters. The van der Waals surface area contributed by atoms with Crippen molar-refractivity contribution in [2.45, 2.75) is 37.8 Å². The van der Waals surface area contributed by atoms with Crippen LogP contribution in [0.3, 0.4) is 0 Å². The van der Waals surface area contributed by atoms with Gasteiger partial charge in [0.25, 0.3) is 0 Å². The fourth-order valence-electron chi connectivity index (χ4n) is 2.47.